The van der Waals surface area contributed by atoms with Crippen molar-refractivity contribution in [3.63, 3.8) is 0 Å². The smallest absolute Gasteiger partial charge is 0.0581 e. The van der Waals surface area contributed by atoms with E-state index in [4.69, 9.17) is 0 Å². The molecule has 4 heteroatoms. The van der Waals surface area contributed by atoms with Gasteiger partial charge in [-0.3, -0.25) is 0 Å². The van der Waals surface area contributed by atoms with Gasteiger partial charge in [-0.2, -0.15) is 0 Å². The average Bonchev–Trinajstić information content (AvgIpc) is 3.66. The number of hydrogen-bond donors (Lipinski definition) is 0. The molecule has 0 aliphatic carbocycles. The van der Waals surface area contributed by atoms with E-state index >= 15 is 0 Å². The molecule has 310 valence electrons. The fourth-order valence-electron chi connectivity index (χ4n) is 10.1. The Kier molecular flexibility index (Phi) is 9.85. The van der Waals surface area contributed by atoms with Gasteiger partial charge in [0.25, 0.3) is 0 Å². The molecule has 1 atom stereocenters. The summed E-state index contributed by atoms with van der Waals surface area (Å²) in [6.07, 6.45) is 0. The van der Waals surface area contributed by atoms with E-state index < -0.39 is 0 Å². The molecular weight excluding hydrogens is 777 g/mol. The van der Waals surface area contributed by atoms with Crippen LogP contribution in [0.15, 0.2) is 218 Å². The van der Waals surface area contributed by atoms with E-state index in [1.165, 1.54) is 49.7 Å². The summed E-state index contributed by atoms with van der Waals surface area (Å²) in [6.45, 7) is 9.41. The minimum atomic E-state index is 0.0850. The Labute approximate surface area is 376 Å². The number of rotatable bonds is 10. The molecule has 9 aromatic carbocycles. The number of anilines is 9. The normalized spacial score (nSPS) is 13.0. The minimum absolute atomic E-state index is 0.0850. The summed E-state index contributed by atoms with van der Waals surface area (Å²) in [4.78, 5) is 7.23. The van der Waals surface area contributed by atoms with Crippen molar-refractivity contribution in [2.75, 3.05) is 14.7 Å². The number of para-hydroxylation sites is 6. The van der Waals surface area contributed by atoms with Crippen molar-refractivity contribution in [2.45, 2.75) is 39.5 Å². The molecule has 1 aliphatic heterocycles. The molecule has 2 heterocycles. The van der Waals surface area contributed by atoms with Crippen LogP contribution in [0.5, 0.6) is 0 Å². The molecule has 4 nitrogen and oxygen atoms in total. The van der Waals surface area contributed by atoms with Crippen LogP contribution in [0.4, 0.5) is 51.2 Å². The maximum Gasteiger partial charge on any atom is 0.0581 e. The first-order valence-electron chi connectivity index (χ1n) is 22.5. The maximum atomic E-state index is 2.64. The van der Waals surface area contributed by atoms with Crippen LogP contribution in [-0.4, -0.2) is 4.57 Å². The Morgan fingerprint density at radius 3 is 1.08 bits per heavy atom. The fraction of sp³-hybridized carbons (Fsp3) is 0.100. The summed E-state index contributed by atoms with van der Waals surface area (Å²) in [5, 5.41) is 2.50. The molecule has 1 aliphatic rings. The van der Waals surface area contributed by atoms with Crippen molar-refractivity contribution in [1.82, 2.24) is 4.57 Å². The third kappa shape index (κ3) is 6.62. The predicted molar refractivity (Wildman–Crippen MR) is 271 cm³/mol. The van der Waals surface area contributed by atoms with Crippen LogP contribution in [0.25, 0.3) is 27.5 Å². The highest BCUT2D eigenvalue weighted by molar-refractivity contribution is 6.15. The van der Waals surface area contributed by atoms with Gasteiger partial charge in [0.15, 0.2) is 0 Å². The summed E-state index contributed by atoms with van der Waals surface area (Å²) < 4.78 is 2.64. The van der Waals surface area contributed by atoms with E-state index in [2.05, 4.69) is 265 Å². The van der Waals surface area contributed by atoms with E-state index in [-0.39, 0.29) is 11.8 Å². The Morgan fingerprint density at radius 2 is 0.703 bits per heavy atom. The Balaban J connectivity index is 1.24. The monoisotopic (exact) mass is 826 g/mol. The molecule has 1 unspecified atom stereocenters. The van der Waals surface area contributed by atoms with Crippen LogP contribution in [-0.2, 0) is 0 Å². The summed E-state index contributed by atoms with van der Waals surface area (Å²) in [5.41, 5.74) is 19.2. The van der Waals surface area contributed by atoms with Gasteiger partial charge < -0.3 is 19.3 Å². The zero-order valence-electron chi connectivity index (χ0n) is 36.7. The van der Waals surface area contributed by atoms with Gasteiger partial charge in [-0.05, 0) is 144 Å². The highest BCUT2D eigenvalue weighted by Gasteiger charge is 2.33. The largest absolute Gasteiger partial charge is 0.310 e. The summed E-state index contributed by atoms with van der Waals surface area (Å²) in [5.74, 6) is 0.320. The van der Waals surface area contributed by atoms with E-state index in [0.29, 0.717) is 0 Å². The van der Waals surface area contributed by atoms with Crippen molar-refractivity contribution >= 4 is 73.0 Å². The third-order valence-electron chi connectivity index (χ3n) is 12.9. The zero-order chi connectivity index (χ0) is 43.3. The number of hydrogen-bond acceptors (Lipinski definition) is 3. The van der Waals surface area contributed by atoms with Gasteiger partial charge >= 0.3 is 0 Å². The molecular formula is C60H50N4. The first-order chi connectivity index (χ1) is 31.4. The number of nitrogens with zero attached hydrogens (tertiary/aromatic N) is 4. The second kappa shape index (κ2) is 16.1. The lowest BCUT2D eigenvalue weighted by Crippen LogP contribution is -2.17. The van der Waals surface area contributed by atoms with Crippen molar-refractivity contribution in [3.8, 4) is 5.69 Å². The minimum Gasteiger partial charge on any atom is -0.310 e. The Hall–Kier alpha value is -7.82. The average molecular weight is 827 g/mol. The standard InChI is InChI=1S/C60H50N4/c1-41(2)53-36-51(62(46-27-15-7-16-28-46)47-29-17-8-18-30-47)39-56-57-40-52(63(48-31-19-9-20-32-48)49-33-21-10-22-34-49)38-55-43(4)54-37-50(35-42(3)58(54)64(59(53)56)60(55)57)61(44-23-11-5-12-24-44)45-25-13-6-14-26-45/h5-41,43H,1-4H3. The lowest BCUT2D eigenvalue weighted by atomic mass is 9.85. The van der Waals surface area contributed by atoms with Crippen molar-refractivity contribution in [3.05, 3.63) is 241 Å². The van der Waals surface area contributed by atoms with Gasteiger partial charge in [0.1, 0.15) is 0 Å². The van der Waals surface area contributed by atoms with Crippen LogP contribution < -0.4 is 14.7 Å². The number of benzene rings is 9. The van der Waals surface area contributed by atoms with Crippen LogP contribution in [0.2, 0.25) is 0 Å². The Bertz CT molecular complexity index is 3140. The molecule has 11 rings (SSSR count). The first-order valence-corrected chi connectivity index (χ1v) is 22.5. The highest BCUT2D eigenvalue weighted by atomic mass is 15.2. The summed E-state index contributed by atoms with van der Waals surface area (Å²) in [7, 11) is 0. The Morgan fingerprint density at radius 1 is 0.375 bits per heavy atom. The van der Waals surface area contributed by atoms with Gasteiger partial charge in [-0.1, -0.05) is 130 Å². The van der Waals surface area contributed by atoms with Crippen LogP contribution >= 0.6 is 0 Å². The lowest BCUT2D eigenvalue weighted by molar-refractivity contribution is 0.852. The molecule has 0 radical (unpaired) electrons. The zero-order valence-corrected chi connectivity index (χ0v) is 36.7. The van der Waals surface area contributed by atoms with Gasteiger partial charge in [-0.15, -0.1) is 0 Å². The second-order valence-electron chi connectivity index (χ2n) is 17.3. The summed E-state index contributed by atoms with van der Waals surface area (Å²) in [6, 6.07) is 79.4. The third-order valence-corrected chi connectivity index (χ3v) is 12.9. The number of aromatic nitrogens is 1. The van der Waals surface area contributed by atoms with E-state index in [0.717, 1.165) is 51.2 Å². The lowest BCUT2D eigenvalue weighted by Gasteiger charge is -2.33. The molecule has 0 saturated heterocycles. The molecule has 64 heavy (non-hydrogen) atoms. The number of fused-ring (bicyclic) bond motifs is 5. The molecule has 1 aromatic heterocycles. The van der Waals surface area contributed by atoms with Crippen molar-refractivity contribution in [2.24, 2.45) is 0 Å². The molecule has 10 aromatic rings. The second-order valence-corrected chi connectivity index (χ2v) is 17.3. The topological polar surface area (TPSA) is 14.7 Å². The maximum absolute atomic E-state index is 2.64. The molecule has 0 amide bonds. The van der Waals surface area contributed by atoms with Crippen LogP contribution in [0.1, 0.15) is 54.9 Å². The van der Waals surface area contributed by atoms with Gasteiger partial charge in [0, 0.05) is 67.9 Å². The molecule has 0 fully saturated rings. The van der Waals surface area contributed by atoms with Crippen molar-refractivity contribution < 1.29 is 0 Å². The molecule has 0 spiro atoms. The van der Waals surface area contributed by atoms with Gasteiger partial charge in [0.05, 0.1) is 16.7 Å². The van der Waals surface area contributed by atoms with E-state index in [9.17, 15) is 0 Å². The quantitative estimate of drug-likeness (QED) is 0.136. The molecule has 0 saturated carbocycles. The van der Waals surface area contributed by atoms with E-state index in [1.54, 1.807) is 0 Å². The van der Waals surface area contributed by atoms with Crippen molar-refractivity contribution in [1.29, 1.82) is 0 Å². The fourth-order valence-corrected chi connectivity index (χ4v) is 10.1. The van der Waals surface area contributed by atoms with Gasteiger partial charge in [-0.25, -0.2) is 0 Å². The predicted octanol–water partition coefficient (Wildman–Crippen LogP) is 17.1. The number of aryl methyl sites for hydroxylation is 1. The molecule has 0 bridgehead atoms. The highest BCUT2D eigenvalue weighted by Crippen LogP contribution is 2.52. The van der Waals surface area contributed by atoms with Crippen LogP contribution in [0.3, 0.4) is 0 Å². The SMILES string of the molecule is Cc1cc(N(c2ccccc2)c2ccccc2)cc2c1-n1c3c(C(C)C)cc(N(c4ccccc4)c4ccccc4)cc3c3cc(N(c4ccccc4)c4ccccc4)cc(c31)C2C. The van der Waals surface area contributed by atoms with E-state index in [1.807, 2.05) is 0 Å². The summed E-state index contributed by atoms with van der Waals surface area (Å²) >= 11 is 0. The molecule has 0 N–H and O–H groups in total. The first kappa shape index (κ1) is 39.1. The van der Waals surface area contributed by atoms with Crippen LogP contribution in [0, 0.1) is 6.92 Å². The van der Waals surface area contributed by atoms with Gasteiger partial charge in [0.2, 0.25) is 0 Å².